The first-order chi connectivity index (χ1) is 10.7. The van der Waals surface area contributed by atoms with E-state index in [0.29, 0.717) is 6.04 Å². The van der Waals surface area contributed by atoms with Gasteiger partial charge in [-0.25, -0.2) is 0 Å². The molecule has 4 nitrogen and oxygen atoms in total. The summed E-state index contributed by atoms with van der Waals surface area (Å²) in [5.41, 5.74) is 1.20. The van der Waals surface area contributed by atoms with Crippen LogP contribution in [0.2, 0.25) is 5.02 Å². The molecule has 0 bridgehead atoms. The van der Waals surface area contributed by atoms with Crippen molar-refractivity contribution >= 4 is 17.6 Å². The maximum atomic E-state index is 5.90. The molecular weight excluding hydrogens is 296 g/mol. The van der Waals surface area contributed by atoms with Crippen molar-refractivity contribution < 1.29 is 0 Å². The van der Waals surface area contributed by atoms with E-state index in [4.69, 9.17) is 11.6 Å². The molecule has 22 heavy (non-hydrogen) atoms. The Labute approximate surface area is 138 Å². The lowest BCUT2D eigenvalue weighted by Crippen LogP contribution is -2.48. The third kappa shape index (κ3) is 5.50. The van der Waals surface area contributed by atoms with Gasteiger partial charge in [-0.2, -0.15) is 0 Å². The second-order valence-corrected chi connectivity index (χ2v) is 6.25. The highest BCUT2D eigenvalue weighted by atomic mass is 35.5. The largest absolute Gasteiger partial charge is 0.354 e. The van der Waals surface area contributed by atoms with Gasteiger partial charge in [0, 0.05) is 37.7 Å². The van der Waals surface area contributed by atoms with Gasteiger partial charge in [0.1, 0.15) is 0 Å². The summed E-state index contributed by atoms with van der Waals surface area (Å²) < 4.78 is 0. The molecule has 1 aliphatic heterocycles. The molecule has 1 aromatic rings. The number of rotatable bonds is 5. The topological polar surface area (TPSA) is 39.7 Å². The van der Waals surface area contributed by atoms with Crippen molar-refractivity contribution in [3.63, 3.8) is 0 Å². The van der Waals surface area contributed by atoms with Crippen LogP contribution in [0.15, 0.2) is 29.3 Å². The zero-order valence-electron chi connectivity index (χ0n) is 13.6. The summed E-state index contributed by atoms with van der Waals surface area (Å²) in [5.74, 6) is 0.879. The van der Waals surface area contributed by atoms with Crippen LogP contribution in [0.3, 0.4) is 0 Å². The van der Waals surface area contributed by atoms with Gasteiger partial charge in [-0.1, -0.05) is 30.7 Å². The van der Waals surface area contributed by atoms with Gasteiger partial charge in [0.05, 0.1) is 0 Å². The molecule has 122 valence electrons. The Morgan fingerprint density at radius 3 is 2.55 bits per heavy atom. The van der Waals surface area contributed by atoms with Crippen molar-refractivity contribution in [1.82, 2.24) is 15.5 Å². The molecule has 1 aliphatic rings. The smallest absolute Gasteiger partial charge is 0.191 e. The highest BCUT2D eigenvalue weighted by Crippen LogP contribution is 2.11. The minimum atomic E-state index is 0.518. The summed E-state index contributed by atoms with van der Waals surface area (Å²) in [7, 11) is 1.82. The number of halogens is 1. The minimum Gasteiger partial charge on any atom is -0.354 e. The van der Waals surface area contributed by atoms with Crippen LogP contribution in [0.4, 0.5) is 0 Å². The van der Waals surface area contributed by atoms with Crippen LogP contribution in [-0.4, -0.2) is 43.6 Å². The number of hydrogen-bond donors (Lipinski definition) is 2. The van der Waals surface area contributed by atoms with Gasteiger partial charge in [-0.3, -0.25) is 4.99 Å². The first-order valence-electron chi connectivity index (χ1n) is 8.15. The van der Waals surface area contributed by atoms with Gasteiger partial charge >= 0.3 is 0 Å². The van der Waals surface area contributed by atoms with Crippen molar-refractivity contribution in [2.24, 2.45) is 4.99 Å². The molecule has 0 spiro atoms. The second-order valence-electron chi connectivity index (χ2n) is 5.81. The summed E-state index contributed by atoms with van der Waals surface area (Å²) in [6.07, 6.45) is 3.60. The molecule has 2 rings (SSSR count). The number of piperidine rings is 1. The van der Waals surface area contributed by atoms with Crippen molar-refractivity contribution in [3.05, 3.63) is 34.9 Å². The van der Waals surface area contributed by atoms with E-state index in [0.717, 1.165) is 17.5 Å². The third-order valence-corrected chi connectivity index (χ3v) is 4.32. The zero-order chi connectivity index (χ0) is 15.8. The van der Waals surface area contributed by atoms with Crippen LogP contribution >= 0.6 is 11.6 Å². The Balaban J connectivity index is 1.75. The molecule has 0 saturated carbocycles. The Morgan fingerprint density at radius 2 is 1.95 bits per heavy atom. The Hall–Kier alpha value is -1.26. The fourth-order valence-electron chi connectivity index (χ4n) is 2.79. The molecule has 1 saturated heterocycles. The molecule has 0 unspecified atom stereocenters. The van der Waals surface area contributed by atoms with Crippen LogP contribution in [-0.2, 0) is 6.54 Å². The summed E-state index contributed by atoms with van der Waals surface area (Å²) in [6.45, 7) is 6.58. The fourth-order valence-corrected chi connectivity index (χ4v) is 2.92. The number of likely N-dealkylation sites (tertiary alicyclic amines) is 1. The van der Waals surface area contributed by atoms with Gasteiger partial charge < -0.3 is 15.5 Å². The lowest BCUT2D eigenvalue weighted by molar-refractivity contribution is 0.206. The molecule has 1 fully saturated rings. The molecule has 0 radical (unpaired) electrons. The van der Waals surface area contributed by atoms with Crippen molar-refractivity contribution in [1.29, 1.82) is 0 Å². The predicted molar refractivity (Wildman–Crippen MR) is 94.5 cm³/mol. The standard InChI is InChI=1S/C17H27ClN4/c1-3-10-22-11-8-16(9-12-22)21-17(19-2)20-13-14-4-6-15(18)7-5-14/h4-7,16H,3,8-13H2,1-2H3,(H2,19,20,21). The molecule has 2 N–H and O–H groups in total. The first-order valence-corrected chi connectivity index (χ1v) is 8.53. The highest BCUT2D eigenvalue weighted by molar-refractivity contribution is 6.30. The Bertz CT molecular complexity index is 464. The van der Waals surface area contributed by atoms with E-state index in [1.807, 2.05) is 31.3 Å². The highest BCUT2D eigenvalue weighted by Gasteiger charge is 2.19. The Kier molecular flexibility index (Phi) is 7.00. The van der Waals surface area contributed by atoms with Crippen molar-refractivity contribution in [3.8, 4) is 0 Å². The van der Waals surface area contributed by atoms with E-state index in [1.165, 1.54) is 44.5 Å². The van der Waals surface area contributed by atoms with Gasteiger partial charge in [-0.15, -0.1) is 0 Å². The SMILES string of the molecule is CCCN1CCC(NC(=NC)NCc2ccc(Cl)cc2)CC1. The lowest BCUT2D eigenvalue weighted by atomic mass is 10.1. The summed E-state index contributed by atoms with van der Waals surface area (Å²) in [4.78, 5) is 6.87. The maximum Gasteiger partial charge on any atom is 0.191 e. The summed E-state index contributed by atoms with van der Waals surface area (Å²) in [5, 5.41) is 7.68. The molecule has 1 aromatic carbocycles. The number of nitrogens with one attached hydrogen (secondary N) is 2. The lowest BCUT2D eigenvalue weighted by Gasteiger charge is -2.32. The van der Waals surface area contributed by atoms with Crippen molar-refractivity contribution in [2.45, 2.75) is 38.8 Å². The molecule has 0 atom stereocenters. The number of nitrogens with zero attached hydrogens (tertiary/aromatic N) is 2. The van der Waals surface area contributed by atoms with Crippen LogP contribution in [0.1, 0.15) is 31.7 Å². The molecule has 0 amide bonds. The molecule has 0 aliphatic carbocycles. The average molecular weight is 323 g/mol. The molecule has 1 heterocycles. The molecule has 5 heteroatoms. The number of aliphatic imine (C=N–C) groups is 1. The van der Waals surface area contributed by atoms with Gasteiger partial charge in [0.15, 0.2) is 5.96 Å². The third-order valence-electron chi connectivity index (χ3n) is 4.07. The zero-order valence-corrected chi connectivity index (χ0v) is 14.4. The maximum absolute atomic E-state index is 5.90. The van der Waals surface area contributed by atoms with Crippen LogP contribution in [0.25, 0.3) is 0 Å². The summed E-state index contributed by atoms with van der Waals surface area (Å²) in [6, 6.07) is 8.42. The Morgan fingerprint density at radius 1 is 1.27 bits per heavy atom. The average Bonchev–Trinajstić information content (AvgIpc) is 2.55. The minimum absolute atomic E-state index is 0.518. The van der Waals surface area contributed by atoms with Gasteiger partial charge in [-0.05, 0) is 43.5 Å². The van der Waals surface area contributed by atoms with E-state index in [-0.39, 0.29) is 0 Å². The van der Waals surface area contributed by atoms with Gasteiger partial charge in [0.2, 0.25) is 0 Å². The van der Waals surface area contributed by atoms with Crippen molar-refractivity contribution in [2.75, 3.05) is 26.7 Å². The van der Waals surface area contributed by atoms with E-state index in [2.05, 4.69) is 27.4 Å². The normalized spacial score (nSPS) is 17.5. The summed E-state index contributed by atoms with van der Waals surface area (Å²) >= 11 is 5.90. The van der Waals surface area contributed by atoms with Crippen LogP contribution in [0.5, 0.6) is 0 Å². The van der Waals surface area contributed by atoms with Gasteiger partial charge in [0.25, 0.3) is 0 Å². The van der Waals surface area contributed by atoms with E-state index in [9.17, 15) is 0 Å². The van der Waals surface area contributed by atoms with Crippen LogP contribution in [0, 0.1) is 0 Å². The second kappa shape index (κ2) is 9.01. The van der Waals surface area contributed by atoms with E-state index < -0.39 is 0 Å². The van der Waals surface area contributed by atoms with E-state index in [1.54, 1.807) is 0 Å². The predicted octanol–water partition coefficient (Wildman–Crippen LogP) is 2.88. The fraction of sp³-hybridized carbons (Fsp3) is 0.588. The van der Waals surface area contributed by atoms with E-state index >= 15 is 0 Å². The number of hydrogen-bond acceptors (Lipinski definition) is 2. The quantitative estimate of drug-likeness (QED) is 0.647. The molecular formula is C17H27ClN4. The molecule has 0 aromatic heterocycles. The monoisotopic (exact) mass is 322 g/mol. The first kappa shape index (κ1) is 17.1. The number of guanidine groups is 1. The number of benzene rings is 1. The van der Waals surface area contributed by atoms with Crippen LogP contribution < -0.4 is 10.6 Å².